The first kappa shape index (κ1) is 8.91. The first-order chi connectivity index (χ1) is 5.16. The minimum atomic E-state index is 0.240. The van der Waals surface area contributed by atoms with Gasteiger partial charge in [-0.2, -0.15) is 0 Å². The van der Waals surface area contributed by atoms with Crippen LogP contribution < -0.4 is 5.73 Å². The molecular weight excluding hydrogens is 206 g/mol. The van der Waals surface area contributed by atoms with Gasteiger partial charge in [-0.1, -0.05) is 23.2 Å². The quantitative estimate of drug-likeness (QED) is 0.726. The van der Waals surface area contributed by atoms with Crippen LogP contribution in [0.3, 0.4) is 0 Å². The highest BCUT2D eigenvalue weighted by Crippen LogP contribution is 2.28. The molecule has 2 nitrogen and oxygen atoms in total. The number of aromatic nitrogens is 1. The van der Waals surface area contributed by atoms with Crippen LogP contribution in [-0.4, -0.2) is 4.98 Å². The molecule has 1 aromatic rings. The lowest BCUT2D eigenvalue weighted by atomic mass is 10.3. The van der Waals surface area contributed by atoms with E-state index in [1.54, 1.807) is 0 Å². The number of anilines is 1. The van der Waals surface area contributed by atoms with Crippen LogP contribution in [0.4, 0.5) is 5.82 Å². The van der Waals surface area contributed by atoms with Crippen LogP contribution in [0.1, 0.15) is 5.56 Å². The highest BCUT2D eigenvalue weighted by molar-refractivity contribution is 6.38. The van der Waals surface area contributed by atoms with Crippen molar-refractivity contribution in [1.29, 1.82) is 0 Å². The van der Waals surface area contributed by atoms with Crippen LogP contribution in [0.2, 0.25) is 10.0 Å². The maximum atomic E-state index is 5.74. The van der Waals surface area contributed by atoms with E-state index < -0.39 is 0 Å². The summed E-state index contributed by atoms with van der Waals surface area (Å²) in [5, 5.41) is 0.784. The van der Waals surface area contributed by atoms with Crippen molar-refractivity contribution in [3.05, 3.63) is 21.8 Å². The molecule has 0 aliphatic rings. The van der Waals surface area contributed by atoms with Crippen molar-refractivity contribution in [2.75, 3.05) is 5.73 Å². The van der Waals surface area contributed by atoms with Crippen LogP contribution in [0.15, 0.2) is 6.20 Å². The Balaban J connectivity index is 3.29. The molecule has 0 aromatic carbocycles. The highest BCUT2D eigenvalue weighted by atomic mass is 35.5. The predicted molar refractivity (Wildman–Crippen MR) is 48.2 cm³/mol. The number of alkyl halides is 1. The van der Waals surface area contributed by atoms with Gasteiger partial charge in [-0.15, -0.1) is 11.6 Å². The number of nitrogens with zero attached hydrogens (tertiary/aromatic N) is 1. The van der Waals surface area contributed by atoms with Crippen LogP contribution in [0.5, 0.6) is 0 Å². The molecular formula is C6H5Cl3N2. The fourth-order valence-electron chi connectivity index (χ4n) is 0.643. The molecule has 0 atom stereocenters. The summed E-state index contributed by atoms with van der Waals surface area (Å²) in [4.78, 5) is 3.74. The van der Waals surface area contributed by atoms with Crippen molar-refractivity contribution in [1.82, 2.24) is 4.98 Å². The third kappa shape index (κ3) is 1.70. The average molecular weight is 211 g/mol. The summed E-state index contributed by atoms with van der Waals surface area (Å²) >= 11 is 17.0. The zero-order valence-electron chi connectivity index (χ0n) is 5.44. The Morgan fingerprint density at radius 2 is 2.09 bits per heavy atom. The van der Waals surface area contributed by atoms with Crippen molar-refractivity contribution in [3.8, 4) is 0 Å². The molecule has 0 unspecified atom stereocenters. The minimum absolute atomic E-state index is 0.240. The maximum Gasteiger partial charge on any atom is 0.142 e. The van der Waals surface area contributed by atoms with Gasteiger partial charge in [0.15, 0.2) is 0 Å². The van der Waals surface area contributed by atoms with Gasteiger partial charge < -0.3 is 5.73 Å². The summed E-state index contributed by atoms with van der Waals surface area (Å²) in [6, 6.07) is 0. The summed E-state index contributed by atoms with van der Waals surface area (Å²) in [6.45, 7) is 0. The molecule has 11 heavy (non-hydrogen) atoms. The molecule has 0 saturated carbocycles. The lowest BCUT2D eigenvalue weighted by Crippen LogP contribution is -1.94. The molecule has 1 heterocycles. The number of nitrogens with two attached hydrogens (primary N) is 1. The van der Waals surface area contributed by atoms with Gasteiger partial charge in [0.2, 0.25) is 0 Å². The summed E-state index contributed by atoms with van der Waals surface area (Å²) < 4.78 is 0. The average Bonchev–Trinajstić information content (AvgIpc) is 1.99. The van der Waals surface area contributed by atoms with Gasteiger partial charge in [-0.25, -0.2) is 4.98 Å². The molecule has 5 heteroatoms. The van der Waals surface area contributed by atoms with Crippen LogP contribution in [0.25, 0.3) is 0 Å². The Kier molecular flexibility index (Phi) is 2.82. The predicted octanol–water partition coefficient (Wildman–Crippen LogP) is 2.71. The van der Waals surface area contributed by atoms with Gasteiger partial charge >= 0.3 is 0 Å². The molecule has 0 aliphatic carbocycles. The SMILES string of the molecule is Nc1ncc(Cl)c(CCl)c1Cl. The molecule has 0 radical (unpaired) electrons. The zero-order chi connectivity index (χ0) is 8.43. The summed E-state index contributed by atoms with van der Waals surface area (Å²) in [6.07, 6.45) is 1.43. The monoisotopic (exact) mass is 210 g/mol. The van der Waals surface area contributed by atoms with Gasteiger partial charge in [0.25, 0.3) is 0 Å². The van der Waals surface area contributed by atoms with E-state index in [-0.39, 0.29) is 11.7 Å². The van der Waals surface area contributed by atoms with Crippen molar-refractivity contribution in [2.45, 2.75) is 5.88 Å². The molecule has 0 aliphatic heterocycles. The fourth-order valence-corrected chi connectivity index (χ4v) is 1.53. The largest absolute Gasteiger partial charge is 0.382 e. The first-order valence-corrected chi connectivity index (χ1v) is 4.10. The van der Waals surface area contributed by atoms with Gasteiger partial charge in [0, 0.05) is 11.8 Å². The van der Waals surface area contributed by atoms with E-state index in [1.807, 2.05) is 0 Å². The Morgan fingerprint density at radius 1 is 1.45 bits per heavy atom. The number of hydrogen-bond acceptors (Lipinski definition) is 2. The maximum absolute atomic E-state index is 5.74. The molecule has 1 rings (SSSR count). The van der Waals surface area contributed by atoms with Crippen molar-refractivity contribution < 1.29 is 0 Å². The topological polar surface area (TPSA) is 38.9 Å². The summed E-state index contributed by atoms with van der Waals surface area (Å²) in [5.74, 6) is 0.497. The van der Waals surface area contributed by atoms with Crippen LogP contribution >= 0.6 is 34.8 Å². The lowest BCUT2D eigenvalue weighted by molar-refractivity contribution is 1.28. The number of rotatable bonds is 1. The summed E-state index contributed by atoms with van der Waals surface area (Å²) in [5.41, 5.74) is 6.03. The van der Waals surface area contributed by atoms with Crippen LogP contribution in [0, 0.1) is 0 Å². The Bertz CT molecular complexity index is 275. The van der Waals surface area contributed by atoms with Crippen LogP contribution in [-0.2, 0) is 5.88 Å². The molecule has 1 aromatic heterocycles. The number of halogens is 3. The molecule has 2 N–H and O–H groups in total. The van der Waals surface area contributed by atoms with E-state index in [0.717, 1.165) is 0 Å². The van der Waals surface area contributed by atoms with E-state index in [1.165, 1.54) is 6.20 Å². The van der Waals surface area contributed by atoms with E-state index in [0.29, 0.717) is 15.6 Å². The highest BCUT2D eigenvalue weighted by Gasteiger charge is 2.07. The third-order valence-electron chi connectivity index (χ3n) is 1.23. The standard InChI is InChI=1S/C6H5Cl3N2/c7-1-3-4(8)2-11-6(10)5(3)9/h2H,1H2,(H2,10,11). The van der Waals surface area contributed by atoms with Gasteiger partial charge in [-0.05, 0) is 0 Å². The number of nitrogen functional groups attached to an aromatic ring is 1. The van der Waals surface area contributed by atoms with Crippen molar-refractivity contribution in [3.63, 3.8) is 0 Å². The summed E-state index contributed by atoms with van der Waals surface area (Å²) in [7, 11) is 0. The Labute approximate surface area is 79.3 Å². The second-order valence-corrected chi connectivity index (χ2v) is 2.97. The third-order valence-corrected chi connectivity index (χ3v) is 2.24. The van der Waals surface area contributed by atoms with E-state index in [9.17, 15) is 0 Å². The zero-order valence-corrected chi connectivity index (χ0v) is 7.71. The smallest absolute Gasteiger partial charge is 0.142 e. The molecule has 0 spiro atoms. The number of hydrogen-bond donors (Lipinski definition) is 1. The normalized spacial score (nSPS) is 10.1. The van der Waals surface area contributed by atoms with Gasteiger partial charge in [0.1, 0.15) is 5.82 Å². The molecule has 0 saturated heterocycles. The molecule has 0 amide bonds. The second-order valence-electron chi connectivity index (χ2n) is 1.92. The second kappa shape index (κ2) is 3.48. The van der Waals surface area contributed by atoms with E-state index in [4.69, 9.17) is 40.5 Å². The lowest BCUT2D eigenvalue weighted by Gasteiger charge is -2.03. The van der Waals surface area contributed by atoms with Gasteiger partial charge in [-0.3, -0.25) is 0 Å². The molecule has 0 bridgehead atoms. The minimum Gasteiger partial charge on any atom is -0.382 e. The molecule has 0 fully saturated rings. The Hall–Kier alpha value is -0.180. The molecule has 60 valence electrons. The number of pyridine rings is 1. The first-order valence-electron chi connectivity index (χ1n) is 2.81. The van der Waals surface area contributed by atoms with Crippen molar-refractivity contribution >= 4 is 40.6 Å². The van der Waals surface area contributed by atoms with E-state index >= 15 is 0 Å². The fraction of sp³-hybridized carbons (Fsp3) is 0.167. The van der Waals surface area contributed by atoms with Crippen molar-refractivity contribution in [2.24, 2.45) is 0 Å². The Morgan fingerprint density at radius 3 is 2.55 bits per heavy atom. The van der Waals surface area contributed by atoms with E-state index in [2.05, 4.69) is 4.98 Å². The van der Waals surface area contributed by atoms with Gasteiger partial charge in [0.05, 0.1) is 15.9 Å².